The van der Waals surface area contributed by atoms with Crippen LogP contribution >= 0.6 is 11.8 Å². The summed E-state index contributed by atoms with van der Waals surface area (Å²) in [6.45, 7) is 15.1. The van der Waals surface area contributed by atoms with E-state index in [9.17, 15) is 44.1 Å². The van der Waals surface area contributed by atoms with Crippen LogP contribution < -0.4 is 5.32 Å². The van der Waals surface area contributed by atoms with Crippen LogP contribution in [0.5, 0.6) is 0 Å². The molecule has 2 aromatic carbocycles. The van der Waals surface area contributed by atoms with Crippen molar-refractivity contribution < 1.29 is 77.3 Å². The summed E-state index contributed by atoms with van der Waals surface area (Å²) in [5, 5.41) is 40.7. The molecule has 0 aromatic heterocycles. The Morgan fingerprint density at radius 2 is 1.54 bits per heavy atom. The minimum Gasteiger partial charge on any atom is -0.455 e. The summed E-state index contributed by atoms with van der Waals surface area (Å²) in [6, 6.07) is 14.4. The first kappa shape index (κ1) is 52.2. The van der Waals surface area contributed by atoms with Crippen molar-refractivity contribution in [2.24, 2.45) is 22.7 Å². The number of nitrogens with one attached hydrogen (secondary N) is 1. The van der Waals surface area contributed by atoms with Gasteiger partial charge in [-0.3, -0.25) is 19.2 Å². The van der Waals surface area contributed by atoms with Gasteiger partial charge in [0.1, 0.15) is 47.4 Å². The average Bonchev–Trinajstić information content (AvgIpc) is 3.25. The van der Waals surface area contributed by atoms with Crippen LogP contribution in [0.2, 0.25) is 0 Å². The van der Waals surface area contributed by atoms with Crippen LogP contribution in [0.3, 0.4) is 0 Å². The van der Waals surface area contributed by atoms with Crippen molar-refractivity contribution in [3.63, 3.8) is 0 Å². The first-order valence-corrected chi connectivity index (χ1v) is 23.8. The quantitative estimate of drug-likeness (QED) is 0.113. The summed E-state index contributed by atoms with van der Waals surface area (Å²) >= 11 is 0.964. The standard InChI is InChI=1S/C50H63NO16S/c1-26(2)31(53)23-68-24-35(55)64-39(37(29-17-13-11-14-18-29)51-45(60)67-46(5,6)7)44(59)63-32-22-50(61)42(65-43(58)30-19-15-12-16-20-30)40-48(10,41(57)38(56)36(27(32)3)47(50,8)9)33(54)21-34-49(40,25-62-34)66-28(4)52/h11-20,26,32-34,37-40,42,54,56,61H,21-25H2,1-10H3,(H,51,60)/t32-,33-,34+,37-,38+,39+,40-,42-,48+,49-,50+/m0/s1. The SMILES string of the molecule is CC(=O)O[C@@]12CO[C@@H]1C[C@H](O)[C@@]1(C)C(=O)[C@H](O)C3=C(C)[C@@H](OC(=O)[C@H](OC(=O)CSCC(=O)C(C)C)[C@@H](NC(=O)OC(C)(C)C)c4ccccc4)C[C@@](O)([C@@H](OC(=O)c4ccccc4)[C@H]21)C3(C)C. The molecule has 68 heavy (non-hydrogen) atoms. The molecular weight excluding hydrogens is 903 g/mol. The van der Waals surface area contributed by atoms with Gasteiger partial charge in [-0.15, -0.1) is 11.8 Å². The fourth-order valence-corrected chi connectivity index (χ4v) is 11.1. The van der Waals surface area contributed by atoms with E-state index >= 15 is 4.79 Å². The summed E-state index contributed by atoms with van der Waals surface area (Å²) in [5.74, 6) is -7.28. The van der Waals surface area contributed by atoms with E-state index < -0.39 is 118 Å². The molecule has 2 saturated carbocycles. The number of rotatable bonds is 14. The van der Waals surface area contributed by atoms with Gasteiger partial charge in [-0.1, -0.05) is 76.2 Å². The number of benzene rings is 2. The molecule has 0 spiro atoms. The average molecular weight is 966 g/mol. The number of amides is 1. The maximum atomic E-state index is 15.2. The van der Waals surface area contributed by atoms with Crippen molar-refractivity contribution in [2.45, 2.75) is 142 Å². The number of thioether (sulfide) groups is 1. The molecule has 1 amide bonds. The number of ether oxygens (including phenoxy) is 6. The van der Waals surface area contributed by atoms with E-state index in [1.54, 1.807) is 83.1 Å². The minimum absolute atomic E-state index is 0.0247. The van der Waals surface area contributed by atoms with Crippen LogP contribution in [0, 0.1) is 22.7 Å². The lowest BCUT2D eigenvalue weighted by Crippen LogP contribution is -2.81. The summed E-state index contributed by atoms with van der Waals surface area (Å²) in [5.41, 5.74) is -8.65. The number of aliphatic hydroxyl groups is 3. The Morgan fingerprint density at radius 1 is 0.926 bits per heavy atom. The van der Waals surface area contributed by atoms with Crippen LogP contribution in [0.4, 0.5) is 4.79 Å². The van der Waals surface area contributed by atoms with Crippen LogP contribution in [0.15, 0.2) is 71.8 Å². The maximum absolute atomic E-state index is 15.2. The van der Waals surface area contributed by atoms with Crippen LogP contribution in [-0.4, -0.2) is 128 Å². The number of fused-ring (bicyclic) bond motifs is 5. The molecule has 0 unspecified atom stereocenters. The predicted octanol–water partition coefficient (Wildman–Crippen LogP) is 4.77. The van der Waals surface area contributed by atoms with Crippen molar-refractivity contribution in [1.82, 2.24) is 5.32 Å². The Morgan fingerprint density at radius 3 is 2.10 bits per heavy atom. The molecule has 0 radical (unpaired) electrons. The van der Waals surface area contributed by atoms with Gasteiger partial charge in [0.15, 0.2) is 11.4 Å². The lowest BCUT2D eigenvalue weighted by atomic mass is 9.44. The molecule has 370 valence electrons. The Balaban J connectivity index is 1.50. The first-order valence-electron chi connectivity index (χ1n) is 22.7. The smallest absolute Gasteiger partial charge is 0.408 e. The number of esters is 4. The van der Waals surface area contributed by atoms with E-state index in [1.807, 2.05) is 0 Å². The Labute approximate surface area is 400 Å². The second-order valence-corrected chi connectivity index (χ2v) is 21.1. The van der Waals surface area contributed by atoms with Gasteiger partial charge in [-0.2, -0.15) is 0 Å². The molecule has 3 aliphatic carbocycles. The van der Waals surface area contributed by atoms with E-state index in [0.717, 1.165) is 18.7 Å². The second kappa shape index (κ2) is 19.7. The highest BCUT2D eigenvalue weighted by Gasteiger charge is 2.78. The van der Waals surface area contributed by atoms with Crippen LogP contribution in [-0.2, 0) is 52.4 Å². The maximum Gasteiger partial charge on any atom is 0.408 e. The van der Waals surface area contributed by atoms with Crippen LogP contribution in [0.25, 0.3) is 0 Å². The third kappa shape index (κ3) is 9.84. The highest BCUT2D eigenvalue weighted by Crippen LogP contribution is 2.64. The zero-order chi connectivity index (χ0) is 50.3. The topological polar surface area (TPSA) is 248 Å². The zero-order valence-corrected chi connectivity index (χ0v) is 40.9. The summed E-state index contributed by atoms with van der Waals surface area (Å²) in [6.07, 6.45) is -11.9. The number of alkyl carbamates (subject to hydrolysis) is 1. The summed E-state index contributed by atoms with van der Waals surface area (Å²) in [4.78, 5) is 97.0. The molecule has 4 aliphatic rings. The number of Topliss-reactive ketones (excluding diaryl/α,β-unsaturated/α-hetero) is 2. The molecule has 1 aliphatic heterocycles. The van der Waals surface area contributed by atoms with Crippen LogP contribution in [0.1, 0.15) is 104 Å². The van der Waals surface area contributed by atoms with Gasteiger partial charge in [0, 0.05) is 31.1 Å². The number of aliphatic hydroxyl groups excluding tert-OH is 2. The molecule has 11 atom stereocenters. The van der Waals surface area contributed by atoms with E-state index in [4.69, 9.17) is 28.4 Å². The van der Waals surface area contributed by atoms with Gasteiger partial charge >= 0.3 is 30.0 Å². The Kier molecular flexibility index (Phi) is 15.1. The number of carbonyl (C=O) groups excluding carboxylic acids is 7. The normalized spacial score (nSPS) is 30.4. The van der Waals surface area contributed by atoms with Crippen molar-refractivity contribution >= 4 is 53.3 Å². The van der Waals surface area contributed by atoms with E-state index in [0.29, 0.717) is 0 Å². The molecule has 2 aromatic rings. The van der Waals surface area contributed by atoms with Crippen molar-refractivity contribution in [1.29, 1.82) is 0 Å². The number of hydrogen-bond acceptors (Lipinski definition) is 17. The number of hydrogen-bond donors (Lipinski definition) is 4. The van der Waals surface area contributed by atoms with E-state index in [2.05, 4.69) is 5.32 Å². The minimum atomic E-state index is -2.44. The predicted molar refractivity (Wildman–Crippen MR) is 245 cm³/mol. The molecule has 17 nitrogen and oxygen atoms in total. The van der Waals surface area contributed by atoms with Gasteiger partial charge in [-0.05, 0) is 63.5 Å². The highest BCUT2D eigenvalue weighted by molar-refractivity contribution is 8.00. The largest absolute Gasteiger partial charge is 0.455 e. The number of carbonyl (C=O) groups is 7. The molecular formula is C50H63NO16S. The van der Waals surface area contributed by atoms with Gasteiger partial charge in [0.05, 0.1) is 41.1 Å². The lowest BCUT2D eigenvalue weighted by Gasteiger charge is -2.67. The van der Waals surface area contributed by atoms with Crippen molar-refractivity contribution in [3.05, 3.63) is 82.9 Å². The van der Waals surface area contributed by atoms with Gasteiger partial charge < -0.3 is 49.1 Å². The highest BCUT2D eigenvalue weighted by atomic mass is 32.2. The molecule has 6 rings (SSSR count). The zero-order valence-electron chi connectivity index (χ0n) is 40.1. The van der Waals surface area contributed by atoms with Crippen molar-refractivity contribution in [3.8, 4) is 0 Å². The monoisotopic (exact) mass is 965 g/mol. The van der Waals surface area contributed by atoms with Gasteiger partial charge in [0.25, 0.3) is 0 Å². The molecule has 1 heterocycles. The molecule has 18 heteroatoms. The molecule has 3 fully saturated rings. The molecule has 1 saturated heterocycles. The van der Waals surface area contributed by atoms with E-state index in [-0.39, 0.29) is 58.5 Å². The third-order valence-electron chi connectivity index (χ3n) is 13.9. The first-order chi connectivity index (χ1) is 31.7. The Bertz CT molecular complexity index is 2310. The summed E-state index contributed by atoms with van der Waals surface area (Å²) in [7, 11) is 0. The fourth-order valence-electron chi connectivity index (χ4n) is 10.2. The third-order valence-corrected chi connectivity index (χ3v) is 14.8. The number of ketones is 2. The fraction of sp³-hybridized carbons (Fsp3) is 0.580. The molecule has 4 N–H and O–H groups in total. The summed E-state index contributed by atoms with van der Waals surface area (Å²) < 4.78 is 36.0. The van der Waals surface area contributed by atoms with Gasteiger partial charge in [0.2, 0.25) is 6.10 Å². The molecule has 2 bridgehead atoms. The van der Waals surface area contributed by atoms with Gasteiger partial charge in [-0.25, -0.2) is 14.4 Å². The Hall–Kier alpha value is -5.14. The van der Waals surface area contributed by atoms with E-state index in [1.165, 1.54) is 39.8 Å². The van der Waals surface area contributed by atoms with Crippen molar-refractivity contribution in [2.75, 3.05) is 18.1 Å². The lowest BCUT2D eigenvalue weighted by molar-refractivity contribution is -0.346. The second-order valence-electron chi connectivity index (χ2n) is 20.2.